The molecule has 4 heterocycles. The quantitative estimate of drug-likeness (QED) is 0.172. The number of nitrogens with two attached hydrogens (primary N) is 2. The third-order valence-corrected chi connectivity index (χ3v) is 6.09. The maximum atomic E-state index is 9.35. The van der Waals surface area contributed by atoms with E-state index >= 15 is 0 Å². The predicted octanol–water partition coefficient (Wildman–Crippen LogP) is 1.70. The van der Waals surface area contributed by atoms with Gasteiger partial charge in [-0.3, -0.25) is 9.39 Å². The Balaban J connectivity index is 1.64. The zero-order valence-corrected chi connectivity index (χ0v) is 17.9. The van der Waals surface area contributed by atoms with Crippen molar-refractivity contribution in [3.63, 3.8) is 0 Å². The van der Waals surface area contributed by atoms with Gasteiger partial charge in [0.15, 0.2) is 0 Å². The number of aromatic nitrogens is 1. The number of nitrogen functional groups attached to an aromatic ring is 1. The number of hydrazone groups is 1. The van der Waals surface area contributed by atoms with Gasteiger partial charge in [0, 0.05) is 23.0 Å². The van der Waals surface area contributed by atoms with Crippen LogP contribution in [-0.2, 0) is 0 Å². The fourth-order valence-electron chi connectivity index (χ4n) is 4.46. The normalized spacial score (nSPS) is 18.4. The standard InChI is InChI=1S/C23H25BN7O/c25-17-6-4-16(5-7-17)23-19-8-10-21(27-14-18(15-32)28-26)30(19)24-31-20(23)9-11-22(31)29-12-2-1-3-13-29/h4-11,14,32H,1-3,12-13,15H2,(H3,25,26,27)/p+1. The van der Waals surface area contributed by atoms with Crippen LogP contribution in [0.15, 0.2) is 64.3 Å². The van der Waals surface area contributed by atoms with Gasteiger partial charge in [-0.15, -0.1) is 0 Å². The van der Waals surface area contributed by atoms with Crippen molar-refractivity contribution in [1.82, 2.24) is 9.29 Å². The van der Waals surface area contributed by atoms with Gasteiger partial charge < -0.3 is 21.2 Å². The summed E-state index contributed by atoms with van der Waals surface area (Å²) >= 11 is 0. The molecular weight excluding hydrogens is 401 g/mol. The highest BCUT2D eigenvalue weighted by Gasteiger charge is 2.40. The van der Waals surface area contributed by atoms with Gasteiger partial charge in [0.1, 0.15) is 17.2 Å². The molecule has 0 unspecified atom stereocenters. The lowest BCUT2D eigenvalue weighted by molar-refractivity contribution is -0.539. The Morgan fingerprint density at radius 2 is 1.88 bits per heavy atom. The van der Waals surface area contributed by atoms with Crippen LogP contribution in [0.2, 0.25) is 0 Å². The Morgan fingerprint density at radius 3 is 2.59 bits per heavy atom. The van der Waals surface area contributed by atoms with Crippen molar-refractivity contribution in [2.24, 2.45) is 15.9 Å². The summed E-state index contributed by atoms with van der Waals surface area (Å²) < 4.78 is 4.51. The molecule has 0 atom stereocenters. The van der Waals surface area contributed by atoms with Crippen LogP contribution in [0.4, 0.5) is 11.5 Å². The fourth-order valence-corrected chi connectivity index (χ4v) is 4.46. The minimum Gasteiger partial charge on any atom is -0.399 e. The van der Waals surface area contributed by atoms with E-state index < -0.39 is 0 Å². The summed E-state index contributed by atoms with van der Waals surface area (Å²) in [7, 11) is 2.08. The summed E-state index contributed by atoms with van der Waals surface area (Å²) in [5.74, 6) is 7.23. The lowest BCUT2D eigenvalue weighted by Crippen LogP contribution is -2.42. The number of hydrogen-bond acceptors (Lipinski definition) is 5. The number of anilines is 1. The Bertz CT molecular complexity index is 1180. The van der Waals surface area contributed by atoms with E-state index in [0.717, 1.165) is 47.1 Å². The molecule has 5 rings (SSSR count). The van der Waals surface area contributed by atoms with E-state index in [1.54, 1.807) is 0 Å². The van der Waals surface area contributed by atoms with Crippen LogP contribution >= 0.6 is 0 Å². The van der Waals surface area contributed by atoms with Crippen LogP contribution in [-0.4, -0.2) is 64.0 Å². The molecule has 5 N–H and O–H groups in total. The summed E-state index contributed by atoms with van der Waals surface area (Å²) in [6.45, 7) is 1.86. The average Bonchev–Trinajstić information content (AvgIpc) is 3.44. The lowest BCUT2D eigenvalue weighted by Gasteiger charge is -2.27. The van der Waals surface area contributed by atoms with Crippen molar-refractivity contribution in [3.05, 3.63) is 65.5 Å². The number of aliphatic imine (C=N–C) groups is 1. The van der Waals surface area contributed by atoms with Crippen LogP contribution in [0.25, 0.3) is 5.57 Å². The Kier molecular flexibility index (Phi) is 5.40. The SMILES string of the molecule is NN=C(C=Nc1ccc2n1[B]N1C(=C2c2ccc(N)cc2)C=CC1=[N+]1CCCCC1)CO. The molecule has 2 aromatic rings. The molecule has 1 radical (unpaired) electrons. The van der Waals surface area contributed by atoms with Gasteiger partial charge in [0.2, 0.25) is 0 Å². The number of nitrogens with zero attached hydrogens (tertiary/aromatic N) is 5. The maximum Gasteiger partial charge on any atom is 0.553 e. The first-order valence-electron chi connectivity index (χ1n) is 10.9. The van der Waals surface area contributed by atoms with E-state index in [9.17, 15) is 5.11 Å². The minimum atomic E-state index is -0.263. The van der Waals surface area contributed by atoms with Crippen LogP contribution in [0.5, 0.6) is 0 Å². The summed E-state index contributed by atoms with van der Waals surface area (Å²) in [5.41, 5.74) is 11.4. The van der Waals surface area contributed by atoms with E-state index in [2.05, 4.69) is 61.9 Å². The molecule has 1 aromatic heterocycles. The molecular formula is C23H26BN7O+. The monoisotopic (exact) mass is 427 g/mol. The predicted molar refractivity (Wildman–Crippen MR) is 129 cm³/mol. The number of amidine groups is 1. The molecule has 1 aromatic carbocycles. The number of benzene rings is 1. The van der Waals surface area contributed by atoms with E-state index in [4.69, 9.17) is 11.6 Å². The Labute approximate surface area is 187 Å². The molecule has 1 saturated heterocycles. The Morgan fingerprint density at radius 1 is 1.09 bits per heavy atom. The highest BCUT2D eigenvalue weighted by Crippen LogP contribution is 2.38. The van der Waals surface area contributed by atoms with Gasteiger partial charge in [-0.05, 0) is 55.2 Å². The molecule has 8 nitrogen and oxygen atoms in total. The van der Waals surface area contributed by atoms with Crippen molar-refractivity contribution in [1.29, 1.82) is 0 Å². The molecule has 3 aliphatic rings. The molecule has 3 aliphatic heterocycles. The number of rotatable bonds is 4. The highest BCUT2D eigenvalue weighted by molar-refractivity contribution is 6.41. The number of piperidine rings is 1. The summed E-state index contributed by atoms with van der Waals surface area (Å²) in [4.78, 5) is 6.78. The largest absolute Gasteiger partial charge is 0.553 e. The zero-order chi connectivity index (χ0) is 22.1. The second-order valence-electron chi connectivity index (χ2n) is 8.09. The second kappa shape index (κ2) is 8.51. The van der Waals surface area contributed by atoms with Crippen LogP contribution in [0.3, 0.4) is 0 Å². The molecule has 0 saturated carbocycles. The zero-order valence-electron chi connectivity index (χ0n) is 17.9. The van der Waals surface area contributed by atoms with E-state index in [1.165, 1.54) is 31.3 Å². The first-order valence-corrected chi connectivity index (χ1v) is 10.9. The van der Waals surface area contributed by atoms with Crippen molar-refractivity contribution < 1.29 is 9.68 Å². The fraction of sp³-hybridized carbons (Fsp3) is 0.261. The van der Waals surface area contributed by atoms with Gasteiger partial charge in [-0.1, -0.05) is 12.1 Å². The third kappa shape index (κ3) is 3.54. The smallest absolute Gasteiger partial charge is 0.399 e. The van der Waals surface area contributed by atoms with E-state index in [0.29, 0.717) is 5.71 Å². The lowest BCUT2D eigenvalue weighted by atomic mass is 9.91. The summed E-state index contributed by atoms with van der Waals surface area (Å²) in [6, 6.07) is 12.0. The molecule has 1 fully saturated rings. The van der Waals surface area contributed by atoms with E-state index in [1.807, 2.05) is 18.2 Å². The molecule has 9 heteroatoms. The van der Waals surface area contributed by atoms with Gasteiger partial charge in [-0.25, -0.2) is 4.99 Å². The second-order valence-corrected chi connectivity index (χ2v) is 8.09. The van der Waals surface area contributed by atoms with Crippen molar-refractivity contribution in [3.8, 4) is 0 Å². The van der Waals surface area contributed by atoms with Crippen molar-refractivity contribution in [2.75, 3.05) is 25.4 Å². The first kappa shape index (κ1) is 20.3. The minimum absolute atomic E-state index is 0.263. The van der Waals surface area contributed by atoms with E-state index in [-0.39, 0.29) is 6.61 Å². The average molecular weight is 427 g/mol. The molecule has 32 heavy (non-hydrogen) atoms. The van der Waals surface area contributed by atoms with Crippen LogP contribution in [0.1, 0.15) is 30.5 Å². The maximum absolute atomic E-state index is 9.35. The summed E-state index contributed by atoms with van der Waals surface area (Å²) in [6.07, 6.45) is 9.60. The molecule has 0 spiro atoms. The Hall–Kier alpha value is -3.59. The van der Waals surface area contributed by atoms with Crippen molar-refractivity contribution >= 4 is 42.4 Å². The summed E-state index contributed by atoms with van der Waals surface area (Å²) in [5, 5.41) is 12.9. The number of aliphatic hydroxyl groups excluding tert-OH is 1. The highest BCUT2D eigenvalue weighted by atomic mass is 16.3. The van der Waals surface area contributed by atoms with Crippen LogP contribution < -0.4 is 11.6 Å². The number of hydrogen-bond donors (Lipinski definition) is 3. The third-order valence-electron chi connectivity index (χ3n) is 6.09. The van der Waals surface area contributed by atoms with Gasteiger partial charge in [0.25, 0.3) is 5.84 Å². The molecule has 0 aliphatic carbocycles. The first-order chi connectivity index (χ1) is 15.7. The van der Waals surface area contributed by atoms with Gasteiger partial charge >= 0.3 is 7.55 Å². The molecule has 0 amide bonds. The van der Waals surface area contributed by atoms with Gasteiger partial charge in [0.05, 0.1) is 25.9 Å². The van der Waals surface area contributed by atoms with Crippen molar-refractivity contribution in [2.45, 2.75) is 19.3 Å². The topological polar surface area (TPSA) is 108 Å². The number of fused-ring (bicyclic) bond motifs is 2. The number of aliphatic hydroxyl groups is 1. The number of allylic oxidation sites excluding steroid dienone is 1. The van der Waals surface area contributed by atoms with Crippen LogP contribution in [0, 0.1) is 0 Å². The molecule has 0 bridgehead atoms. The van der Waals surface area contributed by atoms with Gasteiger partial charge in [-0.2, -0.15) is 5.10 Å². The molecule has 161 valence electrons.